The maximum Gasteiger partial charge on any atom is 0.147 e. The summed E-state index contributed by atoms with van der Waals surface area (Å²) in [5.74, 6) is 0. The number of nitrogens with zero attached hydrogens (tertiary/aromatic N) is 2. The Bertz CT molecular complexity index is 517. The molecule has 94 valence electrons. The Morgan fingerprint density at radius 2 is 2.06 bits per heavy atom. The molecule has 3 rings (SSSR count). The number of rotatable bonds is 5. The molecule has 0 amide bonds. The Kier molecular flexibility index (Phi) is 3.63. The van der Waals surface area contributed by atoms with Crippen molar-refractivity contribution in [1.82, 2.24) is 15.5 Å². The van der Waals surface area contributed by atoms with Crippen molar-refractivity contribution in [1.29, 1.82) is 0 Å². The Hall–Kier alpha value is -0.910. The van der Waals surface area contributed by atoms with Crippen molar-refractivity contribution >= 4 is 23.1 Å². The fourth-order valence-corrected chi connectivity index (χ4v) is 2.90. The molecule has 1 aliphatic carbocycles. The molecular weight excluding hydrogens is 262 g/mol. The number of hydrogen-bond donors (Lipinski definition) is 1. The molecule has 18 heavy (non-hydrogen) atoms. The summed E-state index contributed by atoms with van der Waals surface area (Å²) in [6, 6.07) is 9.21. The van der Waals surface area contributed by atoms with Crippen LogP contribution in [0.5, 0.6) is 0 Å². The molecule has 3 nitrogen and oxygen atoms in total. The van der Waals surface area contributed by atoms with Crippen molar-refractivity contribution in [3.63, 3.8) is 0 Å². The lowest BCUT2D eigenvalue weighted by Gasteiger charge is -1.98. The molecule has 1 aliphatic rings. The van der Waals surface area contributed by atoms with E-state index in [1.165, 1.54) is 17.7 Å². The molecule has 0 spiro atoms. The minimum absolute atomic E-state index is 0.721. The van der Waals surface area contributed by atoms with E-state index < -0.39 is 0 Å². The van der Waals surface area contributed by atoms with Crippen LogP contribution in [0.4, 0.5) is 0 Å². The third-order valence-electron chi connectivity index (χ3n) is 2.92. The highest BCUT2D eigenvalue weighted by Crippen LogP contribution is 2.26. The first-order valence-electron chi connectivity index (χ1n) is 6.05. The largest absolute Gasteiger partial charge is 0.308 e. The summed E-state index contributed by atoms with van der Waals surface area (Å²) in [5.41, 5.74) is 1.16. The van der Waals surface area contributed by atoms with E-state index in [0.29, 0.717) is 0 Å². The van der Waals surface area contributed by atoms with Crippen LogP contribution in [0, 0.1) is 0 Å². The van der Waals surface area contributed by atoms with E-state index in [0.717, 1.165) is 28.2 Å². The van der Waals surface area contributed by atoms with E-state index in [1.54, 1.807) is 23.1 Å². The normalized spacial score (nSPS) is 14.9. The van der Waals surface area contributed by atoms with Crippen molar-refractivity contribution < 1.29 is 0 Å². The highest BCUT2D eigenvalue weighted by atomic mass is 32.2. The summed E-state index contributed by atoms with van der Waals surface area (Å²) in [5, 5.41) is 14.0. The molecule has 1 heterocycles. The first-order chi connectivity index (χ1) is 8.85. The van der Waals surface area contributed by atoms with Gasteiger partial charge in [0.2, 0.25) is 0 Å². The van der Waals surface area contributed by atoms with Crippen LogP contribution >= 0.6 is 23.1 Å². The molecule has 0 saturated heterocycles. The van der Waals surface area contributed by atoms with Gasteiger partial charge in [-0.25, -0.2) is 0 Å². The molecule has 2 aromatic rings. The van der Waals surface area contributed by atoms with Gasteiger partial charge in [-0.3, -0.25) is 0 Å². The lowest BCUT2D eigenvalue weighted by molar-refractivity contribution is 0.679. The van der Waals surface area contributed by atoms with Gasteiger partial charge in [0, 0.05) is 23.0 Å². The zero-order valence-electron chi connectivity index (χ0n) is 10.2. The fourth-order valence-electron chi connectivity index (χ4n) is 1.69. The van der Waals surface area contributed by atoms with Crippen LogP contribution < -0.4 is 5.32 Å². The lowest BCUT2D eigenvalue weighted by Crippen LogP contribution is -2.14. The number of hydrogen-bond acceptors (Lipinski definition) is 5. The van der Waals surface area contributed by atoms with Crippen molar-refractivity contribution in [2.24, 2.45) is 0 Å². The second-order valence-electron chi connectivity index (χ2n) is 4.38. The highest BCUT2D eigenvalue weighted by molar-refractivity contribution is 7.98. The predicted octanol–water partition coefficient (Wildman–Crippen LogP) is 3.18. The summed E-state index contributed by atoms with van der Waals surface area (Å²) in [4.78, 5) is 1.28. The first kappa shape index (κ1) is 12.1. The van der Waals surface area contributed by atoms with Crippen LogP contribution in [-0.2, 0) is 6.54 Å². The Morgan fingerprint density at radius 3 is 2.72 bits per heavy atom. The Morgan fingerprint density at radius 1 is 1.28 bits per heavy atom. The van der Waals surface area contributed by atoms with E-state index in [1.807, 2.05) is 0 Å². The standard InChI is InChI=1S/C13H15N3S2/c1-17-11-6-2-9(3-7-11)13-16-15-12(18-13)8-14-10-4-5-10/h2-3,6-7,10,14H,4-5,8H2,1H3. The molecule has 1 N–H and O–H groups in total. The van der Waals surface area contributed by atoms with Gasteiger partial charge >= 0.3 is 0 Å². The summed E-state index contributed by atoms with van der Waals surface area (Å²) in [6.45, 7) is 0.852. The summed E-state index contributed by atoms with van der Waals surface area (Å²) >= 11 is 3.43. The molecule has 0 unspecified atom stereocenters. The van der Waals surface area contributed by atoms with Crippen molar-refractivity contribution in [2.45, 2.75) is 30.3 Å². The number of benzene rings is 1. The monoisotopic (exact) mass is 277 g/mol. The molecule has 5 heteroatoms. The minimum atomic E-state index is 0.721. The summed E-state index contributed by atoms with van der Waals surface area (Å²) in [7, 11) is 0. The minimum Gasteiger partial charge on any atom is -0.308 e. The van der Waals surface area contributed by atoms with Gasteiger partial charge in [-0.05, 0) is 31.2 Å². The summed E-state index contributed by atoms with van der Waals surface area (Å²) < 4.78 is 0. The predicted molar refractivity (Wildman–Crippen MR) is 77.0 cm³/mol. The van der Waals surface area contributed by atoms with Crippen molar-refractivity contribution in [3.05, 3.63) is 29.3 Å². The third-order valence-corrected chi connectivity index (χ3v) is 4.64. The molecule has 0 bridgehead atoms. The van der Waals surface area contributed by atoms with Crippen LogP contribution in [0.1, 0.15) is 17.8 Å². The van der Waals surface area contributed by atoms with E-state index in [-0.39, 0.29) is 0 Å². The van der Waals surface area contributed by atoms with E-state index >= 15 is 0 Å². The third kappa shape index (κ3) is 2.91. The second-order valence-corrected chi connectivity index (χ2v) is 6.33. The van der Waals surface area contributed by atoms with Gasteiger partial charge in [0.25, 0.3) is 0 Å². The number of aromatic nitrogens is 2. The van der Waals surface area contributed by atoms with Crippen LogP contribution in [0.2, 0.25) is 0 Å². The zero-order valence-corrected chi connectivity index (χ0v) is 11.9. The zero-order chi connectivity index (χ0) is 12.4. The van der Waals surface area contributed by atoms with Gasteiger partial charge < -0.3 is 5.32 Å². The topological polar surface area (TPSA) is 37.8 Å². The van der Waals surface area contributed by atoms with E-state index in [2.05, 4.69) is 46.0 Å². The Labute approximate surface area is 115 Å². The molecule has 0 radical (unpaired) electrons. The van der Waals surface area contributed by atoms with Gasteiger partial charge in [0.1, 0.15) is 10.0 Å². The number of nitrogens with one attached hydrogen (secondary N) is 1. The highest BCUT2D eigenvalue weighted by Gasteiger charge is 2.20. The molecule has 1 fully saturated rings. The molecule has 1 aromatic carbocycles. The maximum absolute atomic E-state index is 4.26. The molecule has 0 atom stereocenters. The Balaban J connectivity index is 1.70. The average molecular weight is 277 g/mol. The van der Waals surface area contributed by atoms with Gasteiger partial charge in [-0.15, -0.1) is 22.0 Å². The lowest BCUT2D eigenvalue weighted by atomic mass is 10.2. The maximum atomic E-state index is 4.26. The van der Waals surface area contributed by atoms with Crippen LogP contribution in [0.15, 0.2) is 29.2 Å². The van der Waals surface area contributed by atoms with Gasteiger partial charge in [-0.1, -0.05) is 23.5 Å². The van der Waals surface area contributed by atoms with Gasteiger partial charge in [0.15, 0.2) is 0 Å². The number of thioether (sulfide) groups is 1. The van der Waals surface area contributed by atoms with E-state index in [4.69, 9.17) is 0 Å². The van der Waals surface area contributed by atoms with E-state index in [9.17, 15) is 0 Å². The van der Waals surface area contributed by atoms with Crippen LogP contribution in [-0.4, -0.2) is 22.5 Å². The summed E-state index contributed by atoms with van der Waals surface area (Å²) in [6.07, 6.45) is 4.70. The molecule has 1 aromatic heterocycles. The SMILES string of the molecule is CSc1ccc(-c2nnc(CNC3CC3)s2)cc1. The quantitative estimate of drug-likeness (QED) is 0.852. The van der Waals surface area contributed by atoms with Crippen molar-refractivity contribution in [2.75, 3.05) is 6.26 Å². The molecule has 0 aliphatic heterocycles. The second kappa shape index (κ2) is 5.38. The van der Waals surface area contributed by atoms with Crippen molar-refractivity contribution in [3.8, 4) is 10.6 Å². The fraction of sp³-hybridized carbons (Fsp3) is 0.385. The van der Waals surface area contributed by atoms with Gasteiger partial charge in [-0.2, -0.15) is 0 Å². The van der Waals surface area contributed by atoms with Crippen LogP contribution in [0.25, 0.3) is 10.6 Å². The van der Waals surface area contributed by atoms with Gasteiger partial charge in [0.05, 0.1) is 0 Å². The molecule has 1 saturated carbocycles. The molecular formula is C13H15N3S2. The smallest absolute Gasteiger partial charge is 0.147 e. The average Bonchev–Trinajstić information content (AvgIpc) is 3.14. The first-order valence-corrected chi connectivity index (χ1v) is 8.09. The van der Waals surface area contributed by atoms with Crippen LogP contribution in [0.3, 0.4) is 0 Å².